The molecule has 0 aliphatic carbocycles. The summed E-state index contributed by atoms with van der Waals surface area (Å²) in [5.74, 6) is -1.08. The summed E-state index contributed by atoms with van der Waals surface area (Å²) >= 11 is 5.88. The minimum atomic E-state index is -0.816. The molecule has 0 radical (unpaired) electrons. The van der Waals surface area contributed by atoms with Gasteiger partial charge in [0.05, 0.1) is 23.5 Å². The fraction of sp³-hybridized carbons (Fsp3) is 0.0769. The van der Waals surface area contributed by atoms with Gasteiger partial charge in [-0.1, -0.05) is 11.6 Å². The van der Waals surface area contributed by atoms with Crippen molar-refractivity contribution in [3.8, 4) is 5.75 Å². The molecule has 0 saturated carbocycles. The summed E-state index contributed by atoms with van der Waals surface area (Å²) in [4.78, 5) is 0. The SMILES string of the molecule is COc1cc(Nc2cc(F)cc(F)c2N)ccc1Cl. The molecule has 2 aromatic rings. The van der Waals surface area contributed by atoms with E-state index in [4.69, 9.17) is 22.1 Å². The van der Waals surface area contributed by atoms with Gasteiger partial charge < -0.3 is 15.8 Å². The van der Waals surface area contributed by atoms with Crippen LogP contribution in [0.4, 0.5) is 25.8 Å². The summed E-state index contributed by atoms with van der Waals surface area (Å²) in [5, 5.41) is 3.25. The summed E-state index contributed by atoms with van der Waals surface area (Å²) in [7, 11) is 1.47. The molecule has 2 rings (SSSR count). The van der Waals surface area contributed by atoms with E-state index < -0.39 is 11.6 Å². The zero-order valence-electron chi connectivity index (χ0n) is 10.0. The molecule has 0 aliphatic heterocycles. The third kappa shape index (κ3) is 2.88. The average molecular weight is 285 g/mol. The van der Waals surface area contributed by atoms with Gasteiger partial charge in [0.25, 0.3) is 0 Å². The Labute approximate surface area is 113 Å². The van der Waals surface area contributed by atoms with Crippen molar-refractivity contribution in [3.05, 3.63) is 47.0 Å². The lowest BCUT2D eigenvalue weighted by Gasteiger charge is -2.12. The van der Waals surface area contributed by atoms with E-state index in [1.54, 1.807) is 18.2 Å². The highest BCUT2D eigenvalue weighted by Crippen LogP contribution is 2.31. The molecule has 0 saturated heterocycles. The van der Waals surface area contributed by atoms with Gasteiger partial charge in [0.15, 0.2) is 5.82 Å². The van der Waals surface area contributed by atoms with E-state index in [0.717, 1.165) is 12.1 Å². The van der Waals surface area contributed by atoms with Crippen molar-refractivity contribution in [3.63, 3.8) is 0 Å². The van der Waals surface area contributed by atoms with Crippen LogP contribution in [-0.4, -0.2) is 7.11 Å². The number of halogens is 3. The third-order valence-corrected chi connectivity index (χ3v) is 2.84. The van der Waals surface area contributed by atoms with Gasteiger partial charge in [0.2, 0.25) is 0 Å². The lowest BCUT2D eigenvalue weighted by Crippen LogP contribution is -2.00. The Bertz CT molecular complexity index is 620. The summed E-state index contributed by atoms with van der Waals surface area (Å²) in [6.07, 6.45) is 0. The lowest BCUT2D eigenvalue weighted by atomic mass is 10.2. The van der Waals surface area contributed by atoms with Gasteiger partial charge in [-0.25, -0.2) is 8.78 Å². The van der Waals surface area contributed by atoms with Crippen LogP contribution in [0.1, 0.15) is 0 Å². The molecule has 2 aromatic carbocycles. The van der Waals surface area contributed by atoms with Crippen molar-refractivity contribution in [1.29, 1.82) is 0 Å². The van der Waals surface area contributed by atoms with E-state index in [2.05, 4.69) is 5.32 Å². The Balaban J connectivity index is 2.36. The number of nitrogens with two attached hydrogens (primary N) is 1. The summed E-state index contributed by atoms with van der Waals surface area (Å²) in [5.41, 5.74) is 6.08. The minimum absolute atomic E-state index is 0.141. The van der Waals surface area contributed by atoms with E-state index in [1.165, 1.54) is 7.11 Å². The van der Waals surface area contributed by atoms with Crippen LogP contribution in [0, 0.1) is 11.6 Å². The molecule has 3 nitrogen and oxygen atoms in total. The maximum absolute atomic E-state index is 13.3. The normalized spacial score (nSPS) is 10.3. The molecular formula is C13H11ClF2N2O. The predicted octanol–water partition coefficient (Wildman–Crippen LogP) is 3.95. The number of hydrogen-bond acceptors (Lipinski definition) is 3. The zero-order valence-corrected chi connectivity index (χ0v) is 10.8. The first-order valence-electron chi connectivity index (χ1n) is 5.36. The molecule has 0 amide bonds. The number of ether oxygens (including phenoxy) is 1. The van der Waals surface area contributed by atoms with E-state index >= 15 is 0 Å². The average Bonchev–Trinajstić information content (AvgIpc) is 2.37. The van der Waals surface area contributed by atoms with Crippen molar-refractivity contribution < 1.29 is 13.5 Å². The second kappa shape index (κ2) is 5.32. The maximum Gasteiger partial charge on any atom is 0.151 e. The van der Waals surface area contributed by atoms with Crippen molar-refractivity contribution >= 4 is 28.7 Å². The number of rotatable bonds is 3. The lowest BCUT2D eigenvalue weighted by molar-refractivity contribution is 0.415. The van der Waals surface area contributed by atoms with Crippen LogP contribution >= 0.6 is 11.6 Å². The number of nitrogens with one attached hydrogen (secondary N) is 1. The quantitative estimate of drug-likeness (QED) is 0.839. The summed E-state index contributed by atoms with van der Waals surface area (Å²) in [6.45, 7) is 0. The highest BCUT2D eigenvalue weighted by atomic mass is 35.5. The molecular weight excluding hydrogens is 274 g/mol. The van der Waals surface area contributed by atoms with Gasteiger partial charge in [0.1, 0.15) is 11.6 Å². The van der Waals surface area contributed by atoms with Gasteiger partial charge >= 0.3 is 0 Å². The largest absolute Gasteiger partial charge is 0.495 e. The zero-order chi connectivity index (χ0) is 14.0. The fourth-order valence-electron chi connectivity index (χ4n) is 1.58. The maximum atomic E-state index is 13.3. The molecule has 0 heterocycles. The molecule has 100 valence electrons. The number of methoxy groups -OCH3 is 1. The molecule has 0 fully saturated rings. The van der Waals surface area contributed by atoms with Crippen molar-refractivity contribution in [2.45, 2.75) is 0 Å². The summed E-state index contributed by atoms with van der Waals surface area (Å²) in [6, 6.07) is 6.69. The monoisotopic (exact) mass is 284 g/mol. The molecule has 6 heteroatoms. The molecule has 0 aromatic heterocycles. The van der Waals surface area contributed by atoms with Crippen molar-refractivity contribution in [2.75, 3.05) is 18.2 Å². The molecule has 0 spiro atoms. The molecule has 19 heavy (non-hydrogen) atoms. The van der Waals surface area contributed by atoms with Crippen LogP contribution in [0.5, 0.6) is 5.75 Å². The summed E-state index contributed by atoms with van der Waals surface area (Å²) < 4.78 is 31.5. The van der Waals surface area contributed by atoms with Crippen LogP contribution < -0.4 is 15.8 Å². The highest BCUT2D eigenvalue weighted by Gasteiger charge is 2.09. The Hall–Kier alpha value is -2.01. The highest BCUT2D eigenvalue weighted by molar-refractivity contribution is 6.32. The Morgan fingerprint density at radius 2 is 1.95 bits per heavy atom. The Morgan fingerprint density at radius 1 is 1.21 bits per heavy atom. The molecule has 0 atom stereocenters. The Morgan fingerprint density at radius 3 is 2.63 bits per heavy atom. The molecule has 0 aliphatic rings. The number of anilines is 3. The van der Waals surface area contributed by atoms with Gasteiger partial charge in [-0.3, -0.25) is 0 Å². The number of nitrogen functional groups attached to an aromatic ring is 1. The predicted molar refractivity (Wildman–Crippen MR) is 72.1 cm³/mol. The second-order valence-electron chi connectivity index (χ2n) is 3.82. The molecule has 0 unspecified atom stereocenters. The van der Waals surface area contributed by atoms with E-state index in [-0.39, 0.29) is 11.4 Å². The number of benzene rings is 2. The smallest absolute Gasteiger partial charge is 0.151 e. The fourth-order valence-corrected chi connectivity index (χ4v) is 1.78. The first-order valence-corrected chi connectivity index (χ1v) is 5.74. The van der Waals surface area contributed by atoms with Gasteiger partial charge in [-0.2, -0.15) is 0 Å². The van der Waals surface area contributed by atoms with Crippen LogP contribution in [0.3, 0.4) is 0 Å². The van der Waals surface area contributed by atoms with Gasteiger partial charge in [-0.05, 0) is 18.2 Å². The van der Waals surface area contributed by atoms with E-state index in [1.807, 2.05) is 0 Å². The first-order chi connectivity index (χ1) is 9.01. The van der Waals surface area contributed by atoms with Crippen molar-refractivity contribution in [1.82, 2.24) is 0 Å². The first kappa shape index (κ1) is 13.4. The van der Waals surface area contributed by atoms with Crippen LogP contribution in [0.25, 0.3) is 0 Å². The Kier molecular flexibility index (Phi) is 3.76. The van der Waals surface area contributed by atoms with E-state index in [9.17, 15) is 8.78 Å². The molecule has 0 bridgehead atoms. The van der Waals surface area contributed by atoms with Crippen molar-refractivity contribution in [2.24, 2.45) is 0 Å². The third-order valence-electron chi connectivity index (χ3n) is 2.52. The second-order valence-corrected chi connectivity index (χ2v) is 4.23. The van der Waals surface area contributed by atoms with E-state index in [0.29, 0.717) is 16.5 Å². The number of hydrogen-bond donors (Lipinski definition) is 2. The van der Waals surface area contributed by atoms with Crippen LogP contribution in [0.15, 0.2) is 30.3 Å². The molecule has 3 N–H and O–H groups in total. The standard InChI is InChI=1S/C13H11ClF2N2O/c1-19-12-6-8(2-3-9(12)14)18-11-5-7(15)4-10(16)13(11)17/h2-6,18H,17H2,1H3. The van der Waals surface area contributed by atoms with Crippen LogP contribution in [0.2, 0.25) is 5.02 Å². The van der Waals surface area contributed by atoms with Crippen LogP contribution in [-0.2, 0) is 0 Å². The topological polar surface area (TPSA) is 47.3 Å². The van der Waals surface area contributed by atoms with Gasteiger partial charge in [0, 0.05) is 17.8 Å². The minimum Gasteiger partial charge on any atom is -0.495 e. The van der Waals surface area contributed by atoms with Gasteiger partial charge in [-0.15, -0.1) is 0 Å².